The van der Waals surface area contributed by atoms with Gasteiger partial charge < -0.3 is 20.5 Å². The largest absolute Gasteiger partial charge is 0.359 e. The molecule has 176 valence electrons. The Bertz CT molecular complexity index is 959. The van der Waals surface area contributed by atoms with Crippen molar-refractivity contribution >= 4 is 48.2 Å². The van der Waals surface area contributed by atoms with Gasteiger partial charge in [0, 0.05) is 43.2 Å². The molecule has 2 heterocycles. The number of hydrogen-bond acceptors (Lipinski definition) is 5. The Balaban J connectivity index is 0.00000181. The van der Waals surface area contributed by atoms with Crippen molar-refractivity contribution in [3.8, 4) is 0 Å². The van der Waals surface area contributed by atoms with Crippen LogP contribution in [0.4, 0.5) is 0 Å². The molecule has 1 aromatic carbocycles. The summed E-state index contributed by atoms with van der Waals surface area (Å²) in [6.45, 7) is 1.76. The topological polar surface area (TPSA) is 106 Å². The predicted molar refractivity (Wildman–Crippen MR) is 128 cm³/mol. The van der Waals surface area contributed by atoms with Crippen LogP contribution < -0.4 is 11.1 Å². The smallest absolute Gasteiger partial charge is 0.292 e. The Morgan fingerprint density at radius 2 is 1.97 bits per heavy atom. The van der Waals surface area contributed by atoms with E-state index in [0.717, 1.165) is 30.7 Å². The van der Waals surface area contributed by atoms with Crippen molar-refractivity contribution in [1.82, 2.24) is 25.0 Å². The van der Waals surface area contributed by atoms with E-state index in [2.05, 4.69) is 21.6 Å². The quantitative estimate of drug-likeness (QED) is 0.651. The van der Waals surface area contributed by atoms with E-state index in [-0.39, 0.29) is 54.5 Å². The summed E-state index contributed by atoms with van der Waals surface area (Å²) < 4.78 is 1.77. The van der Waals surface area contributed by atoms with Gasteiger partial charge in [-0.05, 0) is 43.4 Å². The van der Waals surface area contributed by atoms with Gasteiger partial charge in [0.25, 0.3) is 5.91 Å². The summed E-state index contributed by atoms with van der Waals surface area (Å²) in [6.07, 6.45) is 3.71. The van der Waals surface area contributed by atoms with Crippen LogP contribution in [0.3, 0.4) is 0 Å². The van der Waals surface area contributed by atoms with Gasteiger partial charge in [-0.25, -0.2) is 0 Å². The summed E-state index contributed by atoms with van der Waals surface area (Å²) in [4.78, 5) is 26.7. The molecular formula is C21H29Cl3N6O2. The third-order valence-corrected chi connectivity index (χ3v) is 6.86. The molecular weight excluding hydrogens is 475 g/mol. The molecule has 2 aliphatic rings. The molecule has 8 nitrogen and oxygen atoms in total. The molecule has 2 aromatic rings. The number of nitrogens with one attached hydrogen (secondary N) is 1. The first-order valence-electron chi connectivity index (χ1n) is 10.4. The highest BCUT2D eigenvalue weighted by Gasteiger charge is 2.40. The van der Waals surface area contributed by atoms with Crippen LogP contribution in [0.1, 0.15) is 47.7 Å². The number of hydrogen-bond donors (Lipinski definition) is 2. The number of carbonyl (C=O) groups is 2. The number of halogens is 3. The van der Waals surface area contributed by atoms with E-state index in [1.165, 1.54) is 5.56 Å². The van der Waals surface area contributed by atoms with Crippen molar-refractivity contribution in [3.05, 3.63) is 46.5 Å². The maximum atomic E-state index is 13.1. The fraction of sp³-hybridized carbons (Fsp3) is 0.524. The van der Waals surface area contributed by atoms with E-state index in [4.69, 9.17) is 17.3 Å². The standard InChI is InChI=1S/C21H27ClN6O2.2ClH/c1-24-18(29)12-17-25-26-19-20(30)27(9-10-28(17)19)16-5-7-21(13-23,8-6-16)14-3-2-4-15(22)11-14;;/h2-4,11,16H,5-10,12-13,23H2,1H3,(H,24,29);2*1H/t16-,21-;;. The summed E-state index contributed by atoms with van der Waals surface area (Å²) >= 11 is 6.21. The van der Waals surface area contributed by atoms with Crippen molar-refractivity contribution in [3.63, 3.8) is 0 Å². The van der Waals surface area contributed by atoms with E-state index >= 15 is 0 Å². The Kier molecular flexibility index (Phi) is 8.93. The Hall–Kier alpha value is -1.87. The normalized spacial score (nSPS) is 22.4. The number of likely N-dealkylation sites (N-methyl/N-ethyl adjacent to an activating group) is 1. The summed E-state index contributed by atoms with van der Waals surface area (Å²) in [5, 5.41) is 11.5. The van der Waals surface area contributed by atoms with Crippen LogP contribution in [0.25, 0.3) is 0 Å². The Labute approximate surface area is 205 Å². The van der Waals surface area contributed by atoms with Crippen LogP contribution in [0.5, 0.6) is 0 Å². The highest BCUT2D eigenvalue weighted by molar-refractivity contribution is 6.30. The molecule has 0 unspecified atom stereocenters. The molecule has 32 heavy (non-hydrogen) atoms. The lowest BCUT2D eigenvalue weighted by Gasteiger charge is -2.44. The molecule has 0 spiro atoms. The first-order chi connectivity index (χ1) is 14.5. The molecule has 0 radical (unpaired) electrons. The SMILES string of the molecule is CNC(=O)Cc1nnc2n1CCN([C@H]1CC[C@](CN)(c3cccc(Cl)c3)CC1)C2=O.Cl.Cl. The number of fused-ring (bicyclic) bond motifs is 1. The molecule has 1 aliphatic heterocycles. The van der Waals surface area contributed by atoms with Gasteiger partial charge >= 0.3 is 0 Å². The summed E-state index contributed by atoms with van der Waals surface area (Å²) in [6, 6.07) is 8.11. The zero-order chi connectivity index (χ0) is 21.3. The molecule has 1 aliphatic carbocycles. The second kappa shape index (κ2) is 10.8. The third kappa shape index (κ3) is 4.88. The van der Waals surface area contributed by atoms with Crippen molar-refractivity contribution in [2.24, 2.45) is 5.73 Å². The number of rotatable bonds is 5. The molecule has 1 aromatic heterocycles. The second-order valence-electron chi connectivity index (χ2n) is 8.17. The molecule has 3 N–H and O–H groups in total. The van der Waals surface area contributed by atoms with Gasteiger partial charge in [-0.15, -0.1) is 35.0 Å². The maximum Gasteiger partial charge on any atom is 0.292 e. The summed E-state index contributed by atoms with van der Waals surface area (Å²) in [5.41, 5.74) is 7.29. The lowest BCUT2D eigenvalue weighted by Crippen LogP contribution is -2.51. The number of nitrogens with two attached hydrogens (primary N) is 1. The van der Waals surface area contributed by atoms with Crippen LogP contribution in [-0.4, -0.2) is 57.7 Å². The molecule has 4 rings (SSSR count). The lowest BCUT2D eigenvalue weighted by molar-refractivity contribution is -0.120. The van der Waals surface area contributed by atoms with Gasteiger partial charge in [0.2, 0.25) is 11.7 Å². The molecule has 11 heteroatoms. The number of amides is 2. The zero-order valence-electron chi connectivity index (χ0n) is 17.9. The molecule has 0 bridgehead atoms. The van der Waals surface area contributed by atoms with E-state index in [9.17, 15) is 9.59 Å². The minimum Gasteiger partial charge on any atom is -0.359 e. The van der Waals surface area contributed by atoms with Crippen molar-refractivity contribution in [2.75, 3.05) is 20.1 Å². The van der Waals surface area contributed by atoms with Gasteiger partial charge in [0.15, 0.2) is 0 Å². The number of benzene rings is 1. The third-order valence-electron chi connectivity index (χ3n) is 6.62. The van der Waals surface area contributed by atoms with Crippen molar-refractivity contribution < 1.29 is 9.59 Å². The maximum absolute atomic E-state index is 13.1. The van der Waals surface area contributed by atoms with Gasteiger partial charge in [-0.2, -0.15) is 0 Å². The average molecular weight is 504 g/mol. The molecule has 2 amide bonds. The Morgan fingerprint density at radius 1 is 1.25 bits per heavy atom. The minimum absolute atomic E-state index is 0. The van der Waals surface area contributed by atoms with Crippen LogP contribution in [0, 0.1) is 0 Å². The molecule has 1 saturated carbocycles. The van der Waals surface area contributed by atoms with Crippen LogP contribution in [0.2, 0.25) is 5.02 Å². The van der Waals surface area contributed by atoms with E-state index in [1.54, 1.807) is 11.6 Å². The fourth-order valence-electron chi connectivity index (χ4n) is 4.77. The number of aromatic nitrogens is 3. The number of nitrogens with zero attached hydrogens (tertiary/aromatic N) is 4. The average Bonchev–Trinajstić information content (AvgIpc) is 3.17. The second-order valence-corrected chi connectivity index (χ2v) is 8.60. The van der Waals surface area contributed by atoms with Gasteiger partial charge in [-0.3, -0.25) is 9.59 Å². The van der Waals surface area contributed by atoms with Crippen molar-refractivity contribution in [1.29, 1.82) is 0 Å². The zero-order valence-corrected chi connectivity index (χ0v) is 20.3. The van der Waals surface area contributed by atoms with Gasteiger partial charge in [0.05, 0.1) is 6.42 Å². The summed E-state index contributed by atoms with van der Waals surface area (Å²) in [7, 11) is 1.58. The first kappa shape index (κ1) is 26.4. The fourth-order valence-corrected chi connectivity index (χ4v) is 4.96. The highest BCUT2D eigenvalue weighted by Crippen LogP contribution is 2.41. The first-order valence-corrected chi connectivity index (χ1v) is 10.7. The van der Waals surface area contributed by atoms with Gasteiger partial charge in [-0.1, -0.05) is 23.7 Å². The summed E-state index contributed by atoms with van der Waals surface area (Å²) in [5.74, 6) is 0.603. The highest BCUT2D eigenvalue weighted by atomic mass is 35.5. The minimum atomic E-state index is -0.147. The number of carbonyl (C=O) groups excluding carboxylic acids is 2. The van der Waals surface area contributed by atoms with Crippen LogP contribution in [-0.2, 0) is 23.2 Å². The van der Waals surface area contributed by atoms with Crippen molar-refractivity contribution in [2.45, 2.75) is 50.1 Å². The molecule has 0 atom stereocenters. The van der Waals surface area contributed by atoms with E-state index in [0.29, 0.717) is 31.3 Å². The lowest BCUT2D eigenvalue weighted by atomic mass is 9.68. The van der Waals surface area contributed by atoms with E-state index in [1.807, 2.05) is 23.1 Å². The van der Waals surface area contributed by atoms with E-state index < -0.39 is 0 Å². The molecule has 1 fully saturated rings. The Morgan fingerprint density at radius 3 is 2.59 bits per heavy atom. The monoisotopic (exact) mass is 502 g/mol. The van der Waals surface area contributed by atoms with Gasteiger partial charge in [0.1, 0.15) is 5.82 Å². The van der Waals surface area contributed by atoms with Crippen LogP contribution >= 0.6 is 36.4 Å². The van der Waals surface area contributed by atoms with Crippen LogP contribution in [0.15, 0.2) is 24.3 Å². The predicted octanol–water partition coefficient (Wildman–Crippen LogP) is 2.36. The molecule has 0 saturated heterocycles.